The highest BCUT2D eigenvalue weighted by Crippen LogP contribution is 2.40. The Morgan fingerprint density at radius 1 is 1.09 bits per heavy atom. The lowest BCUT2D eigenvalue weighted by Crippen LogP contribution is -2.14. The largest absolute Gasteiger partial charge is 0.325 e. The molecule has 0 fully saturated rings. The van der Waals surface area contributed by atoms with Gasteiger partial charge in [0.25, 0.3) is 0 Å². The van der Waals surface area contributed by atoms with Gasteiger partial charge in [-0.25, -0.2) is 4.98 Å². The van der Waals surface area contributed by atoms with Gasteiger partial charge in [0.2, 0.25) is 5.91 Å². The maximum Gasteiger partial charge on any atom is 0.234 e. The number of aromatic nitrogens is 4. The standard InChI is InChI=1S/C24H18BrN5OS2/c25-15-9-11-16(12-10-15)26-19(31)13-32-24-29-28-22-20-17-7-4-8-18(17)33-23(20)27-21(30(22)24)14-5-2-1-3-6-14/h1-3,5-6,9-12H,4,7-8,13H2,(H,26,31). The van der Waals surface area contributed by atoms with Gasteiger partial charge in [-0.15, -0.1) is 21.5 Å². The van der Waals surface area contributed by atoms with Crippen LogP contribution in [-0.2, 0) is 17.6 Å². The van der Waals surface area contributed by atoms with Crippen molar-refractivity contribution in [2.75, 3.05) is 11.1 Å². The Balaban J connectivity index is 1.39. The van der Waals surface area contributed by atoms with Gasteiger partial charge in [-0.2, -0.15) is 0 Å². The third kappa shape index (κ3) is 3.84. The van der Waals surface area contributed by atoms with Crippen molar-refractivity contribution in [2.45, 2.75) is 24.4 Å². The number of anilines is 1. The lowest BCUT2D eigenvalue weighted by atomic mass is 10.1. The molecule has 2 aromatic carbocycles. The summed E-state index contributed by atoms with van der Waals surface area (Å²) >= 11 is 6.56. The lowest BCUT2D eigenvalue weighted by Gasteiger charge is -2.09. The van der Waals surface area contributed by atoms with Crippen molar-refractivity contribution in [1.82, 2.24) is 19.6 Å². The Morgan fingerprint density at radius 2 is 1.91 bits per heavy atom. The molecule has 5 aromatic rings. The first-order chi connectivity index (χ1) is 16.2. The number of benzene rings is 2. The molecule has 1 aliphatic carbocycles. The zero-order valence-corrected chi connectivity index (χ0v) is 20.6. The third-order valence-corrected chi connectivity index (χ3v) is 8.31. The molecule has 0 spiro atoms. The van der Waals surface area contributed by atoms with E-state index < -0.39 is 0 Å². The summed E-state index contributed by atoms with van der Waals surface area (Å²) in [5.74, 6) is 0.940. The molecule has 1 N–H and O–H groups in total. The number of carbonyl (C=O) groups excluding carboxylic acids is 1. The highest BCUT2D eigenvalue weighted by Gasteiger charge is 2.25. The molecule has 0 radical (unpaired) electrons. The number of carbonyl (C=O) groups is 1. The number of nitrogens with one attached hydrogen (secondary N) is 1. The van der Waals surface area contributed by atoms with Crippen LogP contribution in [0.5, 0.6) is 0 Å². The third-order valence-electron chi connectivity index (χ3n) is 5.67. The number of aryl methyl sites for hydroxylation is 2. The first kappa shape index (κ1) is 20.8. The molecule has 9 heteroatoms. The minimum atomic E-state index is -0.0919. The molecule has 33 heavy (non-hydrogen) atoms. The summed E-state index contributed by atoms with van der Waals surface area (Å²) in [6, 6.07) is 17.6. The molecule has 0 saturated carbocycles. The Morgan fingerprint density at radius 3 is 2.73 bits per heavy atom. The van der Waals surface area contributed by atoms with Crippen LogP contribution in [0.1, 0.15) is 16.9 Å². The number of thioether (sulfide) groups is 1. The molecule has 0 saturated heterocycles. The fourth-order valence-electron chi connectivity index (χ4n) is 4.20. The Bertz CT molecular complexity index is 1490. The van der Waals surface area contributed by atoms with Crippen molar-refractivity contribution < 1.29 is 4.79 Å². The second-order valence-electron chi connectivity index (χ2n) is 7.82. The minimum absolute atomic E-state index is 0.0919. The number of thiophene rings is 1. The van der Waals surface area contributed by atoms with E-state index in [4.69, 9.17) is 4.98 Å². The van der Waals surface area contributed by atoms with Crippen LogP contribution in [0.25, 0.3) is 27.3 Å². The van der Waals surface area contributed by atoms with Crippen molar-refractivity contribution in [2.24, 2.45) is 0 Å². The van der Waals surface area contributed by atoms with Crippen molar-refractivity contribution >= 4 is 66.5 Å². The fourth-order valence-corrected chi connectivity index (χ4v) is 6.46. The van der Waals surface area contributed by atoms with Gasteiger partial charge in [0.1, 0.15) is 10.7 Å². The minimum Gasteiger partial charge on any atom is -0.325 e. The summed E-state index contributed by atoms with van der Waals surface area (Å²) in [6.07, 6.45) is 3.34. The van der Waals surface area contributed by atoms with Crippen LogP contribution in [0.15, 0.2) is 64.2 Å². The van der Waals surface area contributed by atoms with Crippen molar-refractivity contribution in [3.8, 4) is 11.4 Å². The number of rotatable bonds is 5. The average molecular weight is 536 g/mol. The lowest BCUT2D eigenvalue weighted by molar-refractivity contribution is -0.113. The summed E-state index contributed by atoms with van der Waals surface area (Å²) < 4.78 is 2.98. The average Bonchev–Trinajstić information content (AvgIpc) is 3.53. The number of hydrogen-bond acceptors (Lipinski definition) is 6. The van der Waals surface area contributed by atoms with E-state index in [0.29, 0.717) is 5.16 Å². The van der Waals surface area contributed by atoms with Crippen molar-refractivity contribution in [3.63, 3.8) is 0 Å². The fraction of sp³-hybridized carbons (Fsp3) is 0.167. The highest BCUT2D eigenvalue weighted by atomic mass is 79.9. The topological polar surface area (TPSA) is 72.2 Å². The molecule has 164 valence electrons. The van der Waals surface area contributed by atoms with E-state index in [2.05, 4.69) is 31.4 Å². The van der Waals surface area contributed by atoms with E-state index in [1.54, 1.807) is 11.3 Å². The van der Waals surface area contributed by atoms with Gasteiger partial charge in [0.05, 0.1) is 11.1 Å². The van der Waals surface area contributed by atoms with E-state index in [1.165, 1.54) is 28.6 Å². The Labute approximate surface area is 206 Å². The smallest absolute Gasteiger partial charge is 0.234 e. The molecule has 0 bridgehead atoms. The van der Waals surface area contributed by atoms with E-state index >= 15 is 0 Å². The maximum absolute atomic E-state index is 12.6. The summed E-state index contributed by atoms with van der Waals surface area (Å²) in [5.41, 5.74) is 3.95. The van der Waals surface area contributed by atoms with Crippen LogP contribution in [0.2, 0.25) is 0 Å². The van der Waals surface area contributed by atoms with Gasteiger partial charge in [0.15, 0.2) is 10.8 Å². The molecule has 1 amide bonds. The van der Waals surface area contributed by atoms with Crippen LogP contribution in [0, 0.1) is 0 Å². The quantitative estimate of drug-likeness (QED) is 0.280. The van der Waals surface area contributed by atoms with Gasteiger partial charge >= 0.3 is 0 Å². The van der Waals surface area contributed by atoms with Gasteiger partial charge in [0, 0.05) is 20.6 Å². The molecule has 6 rings (SSSR count). The van der Waals surface area contributed by atoms with Crippen LogP contribution < -0.4 is 5.32 Å². The van der Waals surface area contributed by atoms with Crippen LogP contribution in [-0.4, -0.2) is 31.2 Å². The van der Waals surface area contributed by atoms with Crippen LogP contribution in [0.4, 0.5) is 5.69 Å². The molecule has 3 aromatic heterocycles. The molecule has 0 unspecified atom stereocenters. The van der Waals surface area contributed by atoms with Crippen LogP contribution >= 0.6 is 39.0 Å². The van der Waals surface area contributed by atoms with Gasteiger partial charge < -0.3 is 5.32 Å². The van der Waals surface area contributed by atoms with Gasteiger partial charge in [-0.3, -0.25) is 9.20 Å². The normalized spacial score (nSPS) is 13.0. The zero-order chi connectivity index (χ0) is 22.4. The number of halogens is 1. The predicted molar refractivity (Wildman–Crippen MR) is 137 cm³/mol. The SMILES string of the molecule is O=C(CSc1nnc2c3c4c(sc3nc(-c3ccccc3)n12)CCC4)Nc1ccc(Br)cc1. The second-order valence-corrected chi connectivity index (χ2v) is 10.8. The summed E-state index contributed by atoms with van der Waals surface area (Å²) in [4.78, 5) is 20.1. The second kappa shape index (κ2) is 8.55. The van der Waals surface area contributed by atoms with E-state index in [-0.39, 0.29) is 11.7 Å². The predicted octanol–water partition coefficient (Wildman–Crippen LogP) is 5.99. The summed E-state index contributed by atoms with van der Waals surface area (Å²) in [5, 5.41) is 13.8. The molecular weight excluding hydrogens is 518 g/mol. The molecule has 0 aliphatic heterocycles. The van der Waals surface area contributed by atoms with Crippen molar-refractivity contribution in [1.29, 1.82) is 0 Å². The van der Waals surface area contributed by atoms with E-state index in [0.717, 1.165) is 50.3 Å². The van der Waals surface area contributed by atoms with Gasteiger partial charge in [-0.05, 0) is 49.1 Å². The molecule has 0 atom stereocenters. The zero-order valence-electron chi connectivity index (χ0n) is 17.4. The number of hydrogen-bond donors (Lipinski definition) is 1. The van der Waals surface area contributed by atoms with Gasteiger partial charge in [-0.1, -0.05) is 58.0 Å². The van der Waals surface area contributed by atoms with E-state index in [9.17, 15) is 4.79 Å². The Kier molecular flexibility index (Phi) is 5.40. The van der Waals surface area contributed by atoms with Crippen molar-refractivity contribution in [3.05, 3.63) is 69.5 Å². The van der Waals surface area contributed by atoms with Crippen LogP contribution in [0.3, 0.4) is 0 Å². The summed E-state index contributed by atoms with van der Waals surface area (Å²) in [7, 11) is 0. The molecule has 1 aliphatic rings. The molecule has 6 nitrogen and oxygen atoms in total. The highest BCUT2D eigenvalue weighted by molar-refractivity contribution is 9.10. The number of fused-ring (bicyclic) bond motifs is 5. The first-order valence-electron chi connectivity index (χ1n) is 10.6. The summed E-state index contributed by atoms with van der Waals surface area (Å²) in [6.45, 7) is 0. The number of nitrogens with zero attached hydrogens (tertiary/aromatic N) is 4. The van der Waals surface area contributed by atoms with E-state index in [1.807, 2.05) is 59.0 Å². The first-order valence-corrected chi connectivity index (χ1v) is 13.2. The monoisotopic (exact) mass is 535 g/mol. The molecular formula is C24H18BrN5OS2. The molecule has 3 heterocycles. The maximum atomic E-state index is 12.6. The Hall–Kier alpha value is -2.75. The number of amides is 1.